The average Bonchev–Trinajstić information content (AvgIpc) is 3.20. The molecule has 2 aromatic rings. The van der Waals surface area contributed by atoms with Gasteiger partial charge in [-0.1, -0.05) is 24.8 Å². The van der Waals surface area contributed by atoms with Crippen molar-refractivity contribution in [2.24, 2.45) is 0 Å². The van der Waals surface area contributed by atoms with Gasteiger partial charge in [-0.15, -0.1) is 28.1 Å². The Balaban J connectivity index is 2.02. The van der Waals surface area contributed by atoms with Gasteiger partial charge in [0.2, 0.25) is 5.91 Å². The molecular formula is C16H20N4O3S2. The second-order valence-electron chi connectivity index (χ2n) is 4.92. The third-order valence-electron chi connectivity index (χ3n) is 3.12. The van der Waals surface area contributed by atoms with Gasteiger partial charge >= 0.3 is 5.97 Å². The molecule has 2 aromatic heterocycles. The van der Waals surface area contributed by atoms with Gasteiger partial charge in [0.05, 0.1) is 17.9 Å². The first kappa shape index (κ1) is 19.2. The van der Waals surface area contributed by atoms with Gasteiger partial charge in [-0.25, -0.2) is 4.79 Å². The number of anilines is 1. The molecule has 25 heavy (non-hydrogen) atoms. The highest BCUT2D eigenvalue weighted by molar-refractivity contribution is 7.99. The normalized spacial score (nSPS) is 10.5. The van der Waals surface area contributed by atoms with Crippen molar-refractivity contribution < 1.29 is 14.3 Å². The Morgan fingerprint density at radius 1 is 1.48 bits per heavy atom. The number of nitrogens with zero attached hydrogens (tertiary/aromatic N) is 3. The largest absolute Gasteiger partial charge is 0.462 e. The first-order chi connectivity index (χ1) is 12.1. The van der Waals surface area contributed by atoms with Gasteiger partial charge in [0.25, 0.3) is 0 Å². The molecule has 0 aliphatic rings. The topological polar surface area (TPSA) is 86.1 Å². The number of nitrogens with one attached hydrogen (secondary N) is 1. The van der Waals surface area contributed by atoms with Crippen molar-refractivity contribution >= 4 is 40.0 Å². The molecule has 1 amide bonds. The summed E-state index contributed by atoms with van der Waals surface area (Å²) in [4.78, 5) is 25.3. The SMILES string of the molecule is C=CCn1cnnc1SCC(=O)Nc1sc(CC)cc1C(=O)OCC. The summed E-state index contributed by atoms with van der Waals surface area (Å²) < 4.78 is 6.85. The van der Waals surface area contributed by atoms with Gasteiger partial charge < -0.3 is 14.6 Å². The number of aromatic nitrogens is 3. The minimum atomic E-state index is -0.424. The summed E-state index contributed by atoms with van der Waals surface area (Å²) in [6.07, 6.45) is 4.11. The lowest BCUT2D eigenvalue weighted by molar-refractivity contribution is -0.113. The van der Waals surface area contributed by atoms with Gasteiger partial charge in [-0.05, 0) is 19.4 Å². The van der Waals surface area contributed by atoms with Crippen LogP contribution in [0.3, 0.4) is 0 Å². The van der Waals surface area contributed by atoms with E-state index in [0.717, 1.165) is 11.3 Å². The van der Waals surface area contributed by atoms with Crippen LogP contribution in [0, 0.1) is 0 Å². The van der Waals surface area contributed by atoms with E-state index in [0.29, 0.717) is 28.9 Å². The van der Waals surface area contributed by atoms with Crippen molar-refractivity contribution in [1.29, 1.82) is 0 Å². The lowest BCUT2D eigenvalue weighted by Crippen LogP contribution is -2.16. The molecule has 0 aliphatic heterocycles. The quantitative estimate of drug-likeness (QED) is 0.409. The molecule has 0 bridgehead atoms. The number of thioether (sulfide) groups is 1. The van der Waals surface area contributed by atoms with Gasteiger partial charge in [0.1, 0.15) is 11.3 Å². The Morgan fingerprint density at radius 3 is 2.96 bits per heavy atom. The summed E-state index contributed by atoms with van der Waals surface area (Å²) in [6, 6.07) is 1.77. The second kappa shape index (κ2) is 9.38. The van der Waals surface area contributed by atoms with Crippen LogP contribution in [-0.2, 0) is 22.5 Å². The molecule has 9 heteroatoms. The zero-order valence-corrected chi connectivity index (χ0v) is 15.8. The van der Waals surface area contributed by atoms with Gasteiger partial charge in [-0.2, -0.15) is 0 Å². The van der Waals surface area contributed by atoms with Gasteiger partial charge in [-0.3, -0.25) is 4.79 Å². The van der Waals surface area contributed by atoms with E-state index in [-0.39, 0.29) is 11.7 Å². The summed E-state index contributed by atoms with van der Waals surface area (Å²) in [6.45, 7) is 8.28. The van der Waals surface area contributed by atoms with Crippen molar-refractivity contribution in [3.8, 4) is 0 Å². The van der Waals surface area contributed by atoms with E-state index in [9.17, 15) is 9.59 Å². The van der Waals surface area contributed by atoms with E-state index in [1.807, 2.05) is 6.92 Å². The molecule has 0 spiro atoms. The molecule has 0 saturated heterocycles. The maximum absolute atomic E-state index is 12.3. The maximum Gasteiger partial charge on any atom is 0.341 e. The molecule has 0 aliphatic carbocycles. The van der Waals surface area contributed by atoms with E-state index in [4.69, 9.17) is 4.74 Å². The summed E-state index contributed by atoms with van der Waals surface area (Å²) in [5.74, 6) is -0.474. The van der Waals surface area contributed by atoms with Crippen LogP contribution in [0.5, 0.6) is 0 Å². The van der Waals surface area contributed by atoms with E-state index in [2.05, 4.69) is 22.1 Å². The zero-order valence-electron chi connectivity index (χ0n) is 14.2. The highest BCUT2D eigenvalue weighted by Crippen LogP contribution is 2.29. The minimum Gasteiger partial charge on any atom is -0.462 e. The molecule has 7 nitrogen and oxygen atoms in total. The van der Waals surface area contributed by atoms with Crippen LogP contribution < -0.4 is 5.32 Å². The summed E-state index contributed by atoms with van der Waals surface area (Å²) in [5, 5.41) is 11.8. The van der Waals surface area contributed by atoms with Gasteiger partial charge in [0, 0.05) is 11.4 Å². The lowest BCUT2D eigenvalue weighted by atomic mass is 10.2. The molecule has 0 atom stereocenters. The first-order valence-electron chi connectivity index (χ1n) is 7.80. The van der Waals surface area contributed by atoms with Crippen LogP contribution in [0.15, 0.2) is 30.2 Å². The van der Waals surface area contributed by atoms with Crippen molar-refractivity contribution in [1.82, 2.24) is 14.8 Å². The van der Waals surface area contributed by atoms with E-state index >= 15 is 0 Å². The maximum atomic E-state index is 12.3. The number of amides is 1. The number of esters is 1. The van der Waals surface area contributed by atoms with Crippen molar-refractivity contribution in [3.63, 3.8) is 0 Å². The molecule has 1 N–H and O–H groups in total. The molecule has 0 unspecified atom stereocenters. The number of allylic oxidation sites excluding steroid dienone is 1. The van der Waals surface area contributed by atoms with Crippen LogP contribution in [0.2, 0.25) is 0 Å². The number of hydrogen-bond acceptors (Lipinski definition) is 7. The third kappa shape index (κ3) is 5.17. The fourth-order valence-electron chi connectivity index (χ4n) is 1.98. The lowest BCUT2D eigenvalue weighted by Gasteiger charge is -2.06. The Morgan fingerprint density at radius 2 is 2.28 bits per heavy atom. The van der Waals surface area contributed by atoms with Crippen LogP contribution in [0.1, 0.15) is 29.1 Å². The molecular weight excluding hydrogens is 360 g/mol. The molecule has 0 fully saturated rings. The van der Waals surface area contributed by atoms with Crippen LogP contribution in [-0.4, -0.2) is 39.0 Å². The van der Waals surface area contributed by atoms with Crippen molar-refractivity contribution in [3.05, 3.63) is 35.5 Å². The highest BCUT2D eigenvalue weighted by atomic mass is 32.2. The zero-order chi connectivity index (χ0) is 18.2. The molecule has 0 saturated carbocycles. The molecule has 2 heterocycles. The predicted octanol–water partition coefficient (Wildman–Crippen LogP) is 3.00. The van der Waals surface area contributed by atoms with E-state index in [1.54, 1.807) is 30.0 Å². The van der Waals surface area contributed by atoms with Crippen LogP contribution in [0.25, 0.3) is 0 Å². The highest BCUT2D eigenvalue weighted by Gasteiger charge is 2.19. The Kier molecular flexibility index (Phi) is 7.20. The van der Waals surface area contributed by atoms with Crippen LogP contribution in [0.4, 0.5) is 5.00 Å². The monoisotopic (exact) mass is 380 g/mol. The fourth-order valence-corrected chi connectivity index (χ4v) is 3.71. The van der Waals surface area contributed by atoms with Gasteiger partial charge in [0.15, 0.2) is 5.16 Å². The number of ether oxygens (including phenoxy) is 1. The molecule has 0 aromatic carbocycles. The van der Waals surface area contributed by atoms with Crippen LogP contribution >= 0.6 is 23.1 Å². The van der Waals surface area contributed by atoms with E-state index < -0.39 is 5.97 Å². The number of rotatable bonds is 9. The smallest absolute Gasteiger partial charge is 0.341 e. The number of hydrogen-bond donors (Lipinski definition) is 1. The van der Waals surface area contributed by atoms with Crippen molar-refractivity contribution in [2.45, 2.75) is 32.0 Å². The Labute approximate surface area is 154 Å². The fraction of sp³-hybridized carbons (Fsp3) is 0.375. The molecule has 134 valence electrons. The molecule has 2 rings (SSSR count). The predicted molar refractivity (Wildman–Crippen MR) is 99.2 cm³/mol. The first-order valence-corrected chi connectivity index (χ1v) is 9.60. The van der Waals surface area contributed by atoms with E-state index in [1.165, 1.54) is 23.1 Å². The number of aryl methyl sites for hydroxylation is 1. The standard InChI is InChI=1S/C16H20N4O3S2/c1-4-7-20-10-17-19-16(20)24-9-13(21)18-14-12(15(22)23-6-3)8-11(5-2)25-14/h4,8,10H,1,5-7,9H2,2-3H3,(H,18,21). The number of carbonyl (C=O) groups is 2. The number of thiophene rings is 1. The van der Waals surface area contributed by atoms with Crippen molar-refractivity contribution in [2.75, 3.05) is 17.7 Å². The summed E-state index contributed by atoms with van der Waals surface area (Å²) in [5.41, 5.74) is 0.400. The Bertz CT molecular complexity index is 754. The molecule has 0 radical (unpaired) electrons. The average molecular weight is 380 g/mol. The summed E-state index contributed by atoms with van der Waals surface area (Å²) >= 11 is 2.66. The second-order valence-corrected chi connectivity index (χ2v) is 7.00. The summed E-state index contributed by atoms with van der Waals surface area (Å²) in [7, 11) is 0. The third-order valence-corrected chi connectivity index (χ3v) is 5.29. The Hall–Kier alpha value is -2.13. The minimum absolute atomic E-state index is 0.164. The number of carbonyl (C=O) groups excluding carboxylic acids is 2.